The van der Waals surface area contributed by atoms with Gasteiger partial charge >= 0.3 is 12.0 Å². The van der Waals surface area contributed by atoms with Gasteiger partial charge in [-0.2, -0.15) is 0 Å². The molecule has 1 aromatic rings. The van der Waals surface area contributed by atoms with Crippen LogP contribution in [-0.4, -0.2) is 34.6 Å². The van der Waals surface area contributed by atoms with Gasteiger partial charge in [0, 0.05) is 13.1 Å². The zero-order valence-corrected chi connectivity index (χ0v) is 12.3. The quantitative estimate of drug-likeness (QED) is 0.894. The minimum absolute atomic E-state index is 0.284. The first kappa shape index (κ1) is 15.4. The second-order valence-electron chi connectivity index (χ2n) is 5.32. The van der Waals surface area contributed by atoms with E-state index in [-0.39, 0.29) is 6.03 Å². The van der Waals surface area contributed by atoms with E-state index in [4.69, 9.17) is 0 Å². The number of nitrogens with zero attached hydrogens (tertiary/aromatic N) is 1. The highest BCUT2D eigenvalue weighted by Gasteiger charge is 2.31. The van der Waals surface area contributed by atoms with Crippen LogP contribution in [0, 0.1) is 0 Å². The number of carbonyl (C=O) groups is 2. The lowest BCUT2D eigenvalue weighted by molar-refractivity contribution is -0.143. The number of nitrogens with one attached hydrogen (secondary N) is 1. The van der Waals surface area contributed by atoms with Crippen molar-refractivity contribution in [2.45, 2.75) is 45.2 Å². The van der Waals surface area contributed by atoms with E-state index in [2.05, 4.69) is 12.2 Å². The van der Waals surface area contributed by atoms with Gasteiger partial charge in [0.15, 0.2) is 0 Å². The van der Waals surface area contributed by atoms with Gasteiger partial charge < -0.3 is 15.3 Å². The van der Waals surface area contributed by atoms with Crippen molar-refractivity contribution in [3.63, 3.8) is 0 Å². The zero-order chi connectivity index (χ0) is 15.2. The van der Waals surface area contributed by atoms with E-state index in [0.717, 1.165) is 24.8 Å². The van der Waals surface area contributed by atoms with Crippen LogP contribution in [0.15, 0.2) is 24.3 Å². The fourth-order valence-corrected chi connectivity index (χ4v) is 2.78. The van der Waals surface area contributed by atoms with Gasteiger partial charge in [-0.1, -0.05) is 31.2 Å². The Morgan fingerprint density at radius 3 is 2.67 bits per heavy atom. The zero-order valence-electron chi connectivity index (χ0n) is 12.3. The summed E-state index contributed by atoms with van der Waals surface area (Å²) in [6.45, 7) is 3.02. The van der Waals surface area contributed by atoms with Crippen molar-refractivity contribution < 1.29 is 14.7 Å². The number of amides is 2. The van der Waals surface area contributed by atoms with Gasteiger partial charge in [-0.15, -0.1) is 0 Å². The van der Waals surface area contributed by atoms with Crippen LogP contribution < -0.4 is 5.32 Å². The number of piperidine rings is 1. The minimum Gasteiger partial charge on any atom is -0.480 e. The maximum absolute atomic E-state index is 12.2. The second kappa shape index (κ2) is 7.11. The molecule has 1 aliphatic heterocycles. The van der Waals surface area contributed by atoms with Crippen molar-refractivity contribution in [3.05, 3.63) is 35.4 Å². The van der Waals surface area contributed by atoms with Gasteiger partial charge in [0.1, 0.15) is 6.04 Å². The molecule has 1 unspecified atom stereocenters. The fourth-order valence-electron chi connectivity index (χ4n) is 2.78. The maximum Gasteiger partial charge on any atom is 0.326 e. The van der Waals surface area contributed by atoms with E-state index >= 15 is 0 Å². The molecule has 0 radical (unpaired) electrons. The number of carboxylic acids is 1. The SMILES string of the molecule is CCc1ccccc1CNC(=O)N1CCCCC1C(=O)O. The van der Waals surface area contributed by atoms with E-state index in [1.807, 2.05) is 24.3 Å². The number of carboxylic acid groups (broad SMARTS) is 1. The Hall–Kier alpha value is -2.04. The lowest BCUT2D eigenvalue weighted by Crippen LogP contribution is -2.51. The summed E-state index contributed by atoms with van der Waals surface area (Å²) in [5.74, 6) is -0.918. The number of hydrogen-bond donors (Lipinski definition) is 2. The third kappa shape index (κ3) is 3.74. The van der Waals surface area contributed by atoms with Crippen LogP contribution in [0.2, 0.25) is 0 Å². The molecule has 2 amide bonds. The highest BCUT2D eigenvalue weighted by Crippen LogP contribution is 2.17. The number of rotatable bonds is 4. The molecule has 0 aliphatic carbocycles. The highest BCUT2D eigenvalue weighted by molar-refractivity contribution is 5.82. The fraction of sp³-hybridized carbons (Fsp3) is 0.500. The van der Waals surface area contributed by atoms with Gasteiger partial charge in [-0.25, -0.2) is 9.59 Å². The molecule has 5 heteroatoms. The first-order chi connectivity index (χ1) is 10.1. The second-order valence-corrected chi connectivity index (χ2v) is 5.32. The largest absolute Gasteiger partial charge is 0.480 e. The Balaban J connectivity index is 1.99. The summed E-state index contributed by atoms with van der Waals surface area (Å²) >= 11 is 0. The molecule has 2 rings (SSSR count). The molecule has 0 spiro atoms. The van der Waals surface area contributed by atoms with Crippen molar-refractivity contribution in [2.75, 3.05) is 6.54 Å². The van der Waals surface area contributed by atoms with Crippen LogP contribution in [0.25, 0.3) is 0 Å². The van der Waals surface area contributed by atoms with E-state index in [1.165, 1.54) is 10.5 Å². The number of aryl methyl sites for hydroxylation is 1. The summed E-state index contributed by atoms with van der Waals surface area (Å²) < 4.78 is 0. The number of aliphatic carboxylic acids is 1. The molecule has 1 aliphatic rings. The summed E-state index contributed by atoms with van der Waals surface area (Å²) in [6.07, 6.45) is 3.17. The molecule has 2 N–H and O–H groups in total. The normalized spacial score (nSPS) is 18.3. The monoisotopic (exact) mass is 290 g/mol. The standard InChI is InChI=1S/C16H22N2O3/c1-2-12-7-3-4-8-13(12)11-17-16(21)18-10-6-5-9-14(18)15(19)20/h3-4,7-8,14H,2,5-6,9-11H2,1H3,(H,17,21)(H,19,20). The molecule has 5 nitrogen and oxygen atoms in total. The van der Waals surface area contributed by atoms with Gasteiger partial charge in [-0.3, -0.25) is 0 Å². The number of likely N-dealkylation sites (tertiary alicyclic amines) is 1. The van der Waals surface area contributed by atoms with E-state index in [1.54, 1.807) is 0 Å². The van der Waals surface area contributed by atoms with Crippen LogP contribution in [0.3, 0.4) is 0 Å². The lowest BCUT2D eigenvalue weighted by Gasteiger charge is -2.33. The molecule has 1 heterocycles. The number of hydrogen-bond acceptors (Lipinski definition) is 2. The van der Waals surface area contributed by atoms with Crippen LogP contribution in [0.1, 0.15) is 37.3 Å². The van der Waals surface area contributed by atoms with Crippen molar-refractivity contribution in [2.24, 2.45) is 0 Å². The average molecular weight is 290 g/mol. The molecule has 1 aromatic carbocycles. The van der Waals surface area contributed by atoms with Crippen LogP contribution >= 0.6 is 0 Å². The molecule has 0 bridgehead atoms. The molecule has 0 saturated carbocycles. The number of benzene rings is 1. The molecular formula is C16H22N2O3. The summed E-state index contributed by atoms with van der Waals surface area (Å²) in [5, 5.41) is 12.1. The summed E-state index contributed by atoms with van der Waals surface area (Å²) in [7, 11) is 0. The third-order valence-corrected chi connectivity index (χ3v) is 3.98. The molecule has 21 heavy (non-hydrogen) atoms. The smallest absolute Gasteiger partial charge is 0.326 e. The van der Waals surface area contributed by atoms with Crippen LogP contribution in [-0.2, 0) is 17.8 Å². The Morgan fingerprint density at radius 2 is 2.00 bits per heavy atom. The topological polar surface area (TPSA) is 69.6 Å². The first-order valence-electron chi connectivity index (χ1n) is 7.47. The average Bonchev–Trinajstić information content (AvgIpc) is 2.52. The van der Waals surface area contributed by atoms with E-state index in [9.17, 15) is 14.7 Å². The Labute approximate surface area is 125 Å². The molecule has 1 saturated heterocycles. The van der Waals surface area contributed by atoms with Crippen molar-refractivity contribution in [1.82, 2.24) is 10.2 Å². The number of urea groups is 1. The molecule has 1 atom stereocenters. The predicted molar refractivity (Wildman–Crippen MR) is 80.0 cm³/mol. The van der Waals surface area contributed by atoms with Crippen molar-refractivity contribution >= 4 is 12.0 Å². The first-order valence-corrected chi connectivity index (χ1v) is 7.47. The van der Waals surface area contributed by atoms with Gasteiger partial charge in [0.05, 0.1) is 0 Å². The predicted octanol–water partition coefficient (Wildman–Crippen LogP) is 2.40. The minimum atomic E-state index is -0.918. The summed E-state index contributed by atoms with van der Waals surface area (Å²) in [5.41, 5.74) is 2.28. The summed E-state index contributed by atoms with van der Waals surface area (Å²) in [6, 6.07) is 6.98. The van der Waals surface area contributed by atoms with E-state index < -0.39 is 12.0 Å². The van der Waals surface area contributed by atoms with Gasteiger partial charge in [-0.05, 0) is 36.8 Å². The third-order valence-electron chi connectivity index (χ3n) is 3.98. The number of carbonyl (C=O) groups excluding carboxylic acids is 1. The van der Waals surface area contributed by atoms with Gasteiger partial charge in [0.2, 0.25) is 0 Å². The molecule has 114 valence electrons. The maximum atomic E-state index is 12.2. The van der Waals surface area contributed by atoms with Crippen LogP contribution in [0.4, 0.5) is 4.79 Å². The Bertz CT molecular complexity index is 516. The highest BCUT2D eigenvalue weighted by atomic mass is 16.4. The van der Waals surface area contributed by atoms with Crippen molar-refractivity contribution in [1.29, 1.82) is 0 Å². The summed E-state index contributed by atoms with van der Waals surface area (Å²) in [4.78, 5) is 24.9. The van der Waals surface area contributed by atoms with E-state index in [0.29, 0.717) is 19.5 Å². The molecule has 0 aromatic heterocycles. The Kier molecular flexibility index (Phi) is 5.20. The molecule has 1 fully saturated rings. The van der Waals surface area contributed by atoms with Crippen LogP contribution in [0.5, 0.6) is 0 Å². The molecular weight excluding hydrogens is 268 g/mol. The Morgan fingerprint density at radius 1 is 1.29 bits per heavy atom. The van der Waals surface area contributed by atoms with Crippen molar-refractivity contribution in [3.8, 4) is 0 Å². The lowest BCUT2D eigenvalue weighted by atomic mass is 10.0. The van der Waals surface area contributed by atoms with Gasteiger partial charge in [0.25, 0.3) is 0 Å².